The minimum Gasteiger partial charge on any atom is -0.346 e. The van der Waals surface area contributed by atoms with Crippen molar-refractivity contribution in [2.24, 2.45) is 0 Å². The van der Waals surface area contributed by atoms with E-state index in [0.29, 0.717) is 11.5 Å². The molecule has 3 N–H and O–H groups in total. The first-order valence-corrected chi connectivity index (χ1v) is 11.0. The molecule has 0 aliphatic rings. The van der Waals surface area contributed by atoms with Crippen molar-refractivity contribution in [1.82, 2.24) is 15.0 Å². The van der Waals surface area contributed by atoms with Crippen LogP contribution in [-0.2, 0) is 21.1 Å². The maximum atomic E-state index is 12.3. The quantitative estimate of drug-likeness (QED) is 0.440. The van der Waals surface area contributed by atoms with Crippen molar-refractivity contribution in [1.29, 1.82) is 0 Å². The van der Waals surface area contributed by atoms with Crippen LogP contribution < -0.4 is 10.6 Å². The van der Waals surface area contributed by atoms with Crippen LogP contribution in [0.15, 0.2) is 72.0 Å². The Kier molecular flexibility index (Phi) is 5.20. The maximum absolute atomic E-state index is 12.3. The number of anilines is 3. The van der Waals surface area contributed by atoms with Gasteiger partial charge in [-0.1, -0.05) is 12.1 Å². The molecule has 152 valence electrons. The fourth-order valence-corrected chi connectivity index (χ4v) is 3.62. The Morgan fingerprint density at radius 1 is 0.967 bits per heavy atom. The fraction of sp³-hybridized carbons (Fsp3) is 0.0952. The summed E-state index contributed by atoms with van der Waals surface area (Å²) in [6.45, 7) is 0. The molecule has 1 amide bonds. The molecule has 0 aliphatic heterocycles. The van der Waals surface area contributed by atoms with Gasteiger partial charge in [-0.2, -0.15) is 0 Å². The number of hydrogen-bond donors (Lipinski definition) is 3. The Hall–Kier alpha value is -3.72. The van der Waals surface area contributed by atoms with E-state index in [9.17, 15) is 13.2 Å². The first-order valence-electron chi connectivity index (χ1n) is 9.12. The molecule has 4 rings (SSSR count). The second kappa shape index (κ2) is 7.96. The summed E-state index contributed by atoms with van der Waals surface area (Å²) in [5.74, 6) is 0.511. The predicted octanol–water partition coefficient (Wildman–Crippen LogP) is 3.29. The number of carbonyl (C=O) groups excluding carboxylic acids is 1. The van der Waals surface area contributed by atoms with Crippen molar-refractivity contribution in [3.63, 3.8) is 0 Å². The predicted molar refractivity (Wildman–Crippen MR) is 115 cm³/mol. The van der Waals surface area contributed by atoms with Crippen molar-refractivity contribution in [3.05, 3.63) is 72.7 Å². The summed E-state index contributed by atoms with van der Waals surface area (Å²) in [6.07, 6.45) is 4.64. The smallest absolute Gasteiger partial charge is 0.228 e. The second-order valence-electron chi connectivity index (χ2n) is 6.81. The summed E-state index contributed by atoms with van der Waals surface area (Å²) in [7, 11) is -3.26. The van der Waals surface area contributed by atoms with Crippen molar-refractivity contribution in [2.45, 2.75) is 11.3 Å². The van der Waals surface area contributed by atoms with Gasteiger partial charge in [0.15, 0.2) is 9.84 Å². The van der Waals surface area contributed by atoms with E-state index >= 15 is 0 Å². The van der Waals surface area contributed by atoms with Crippen LogP contribution in [0.25, 0.3) is 11.0 Å². The third-order valence-electron chi connectivity index (χ3n) is 4.50. The van der Waals surface area contributed by atoms with Crippen LogP contribution in [-0.4, -0.2) is 35.5 Å². The number of sulfone groups is 1. The highest BCUT2D eigenvalue weighted by atomic mass is 32.2. The number of carbonyl (C=O) groups is 1. The van der Waals surface area contributed by atoms with Gasteiger partial charge in [0.05, 0.1) is 16.7 Å². The van der Waals surface area contributed by atoms with E-state index in [1.807, 2.05) is 30.3 Å². The van der Waals surface area contributed by atoms with Gasteiger partial charge in [0.2, 0.25) is 5.91 Å². The van der Waals surface area contributed by atoms with Gasteiger partial charge in [-0.3, -0.25) is 4.79 Å². The Labute approximate surface area is 173 Å². The molecule has 0 atom stereocenters. The number of fused-ring (bicyclic) bond motifs is 1. The zero-order valence-electron chi connectivity index (χ0n) is 16.1. The highest BCUT2D eigenvalue weighted by Gasteiger charge is 2.09. The van der Waals surface area contributed by atoms with Gasteiger partial charge < -0.3 is 15.6 Å². The Morgan fingerprint density at radius 3 is 2.37 bits per heavy atom. The van der Waals surface area contributed by atoms with E-state index in [1.165, 1.54) is 18.5 Å². The minimum atomic E-state index is -3.26. The Bertz CT molecular complexity index is 1300. The monoisotopic (exact) mass is 421 g/mol. The van der Waals surface area contributed by atoms with Crippen molar-refractivity contribution >= 4 is 44.0 Å². The van der Waals surface area contributed by atoms with E-state index < -0.39 is 9.84 Å². The number of rotatable bonds is 6. The number of hydrogen-bond acceptors (Lipinski definition) is 6. The lowest BCUT2D eigenvalue weighted by Gasteiger charge is -2.09. The molecule has 2 aromatic carbocycles. The number of H-pyrrole nitrogens is 1. The molecule has 30 heavy (non-hydrogen) atoms. The highest BCUT2D eigenvalue weighted by Crippen LogP contribution is 2.22. The Balaban J connectivity index is 1.38. The molecule has 2 heterocycles. The van der Waals surface area contributed by atoms with Crippen molar-refractivity contribution in [3.8, 4) is 0 Å². The SMILES string of the molecule is CS(=O)(=O)c1ccc(NC(=O)Cc2ccc(Nc3ncnc4[nH]ccc34)cc2)cc1. The van der Waals surface area contributed by atoms with Gasteiger partial charge in [-0.05, 0) is 48.0 Å². The van der Waals surface area contributed by atoms with E-state index in [-0.39, 0.29) is 17.2 Å². The van der Waals surface area contributed by atoms with Gasteiger partial charge in [0, 0.05) is 23.8 Å². The average molecular weight is 421 g/mol. The standard InChI is InChI=1S/C21H19N5O3S/c1-30(28,29)17-8-6-15(7-9-17)25-19(27)12-14-2-4-16(5-3-14)26-21-18-10-11-22-20(18)23-13-24-21/h2-11,13H,12H2,1H3,(H,25,27)(H2,22,23,24,26). The normalized spacial score (nSPS) is 11.4. The van der Waals surface area contributed by atoms with E-state index in [1.54, 1.807) is 18.3 Å². The van der Waals surface area contributed by atoms with Gasteiger partial charge in [-0.15, -0.1) is 0 Å². The molecular weight excluding hydrogens is 402 g/mol. The molecule has 0 fully saturated rings. The summed E-state index contributed by atoms with van der Waals surface area (Å²) in [4.78, 5) is 24.0. The zero-order valence-corrected chi connectivity index (χ0v) is 16.9. The van der Waals surface area contributed by atoms with E-state index in [4.69, 9.17) is 0 Å². The number of nitrogens with one attached hydrogen (secondary N) is 3. The third kappa shape index (κ3) is 4.47. The molecule has 0 unspecified atom stereocenters. The molecule has 0 spiro atoms. The molecule has 9 heteroatoms. The van der Waals surface area contributed by atoms with Crippen LogP contribution in [0.1, 0.15) is 5.56 Å². The number of benzene rings is 2. The lowest BCUT2D eigenvalue weighted by atomic mass is 10.1. The number of aromatic nitrogens is 3. The first kappa shape index (κ1) is 19.6. The largest absolute Gasteiger partial charge is 0.346 e. The van der Waals surface area contributed by atoms with Crippen LogP contribution in [0.5, 0.6) is 0 Å². The van der Waals surface area contributed by atoms with Crippen LogP contribution in [0.4, 0.5) is 17.2 Å². The Morgan fingerprint density at radius 2 is 1.67 bits per heavy atom. The average Bonchev–Trinajstić information content (AvgIpc) is 3.19. The lowest BCUT2D eigenvalue weighted by Crippen LogP contribution is -2.14. The number of aromatic amines is 1. The molecule has 0 saturated carbocycles. The van der Waals surface area contributed by atoms with Crippen molar-refractivity contribution in [2.75, 3.05) is 16.9 Å². The molecule has 0 radical (unpaired) electrons. The van der Waals surface area contributed by atoms with Crippen LogP contribution in [0.3, 0.4) is 0 Å². The third-order valence-corrected chi connectivity index (χ3v) is 5.63. The van der Waals surface area contributed by atoms with E-state index in [0.717, 1.165) is 28.5 Å². The summed E-state index contributed by atoms with van der Waals surface area (Å²) in [5, 5.41) is 6.91. The van der Waals surface area contributed by atoms with Crippen LogP contribution in [0.2, 0.25) is 0 Å². The van der Waals surface area contributed by atoms with Crippen LogP contribution >= 0.6 is 0 Å². The summed E-state index contributed by atoms with van der Waals surface area (Å²) in [5.41, 5.74) is 2.99. The van der Waals surface area contributed by atoms with Crippen molar-refractivity contribution < 1.29 is 13.2 Å². The van der Waals surface area contributed by atoms with Gasteiger partial charge in [0.1, 0.15) is 17.8 Å². The lowest BCUT2D eigenvalue weighted by molar-refractivity contribution is -0.115. The molecule has 8 nitrogen and oxygen atoms in total. The molecule has 0 saturated heterocycles. The number of nitrogens with zero attached hydrogens (tertiary/aromatic N) is 2. The molecule has 0 aliphatic carbocycles. The maximum Gasteiger partial charge on any atom is 0.228 e. The van der Waals surface area contributed by atoms with Gasteiger partial charge >= 0.3 is 0 Å². The second-order valence-corrected chi connectivity index (χ2v) is 8.82. The summed E-state index contributed by atoms with van der Waals surface area (Å²) in [6, 6.07) is 15.5. The van der Waals surface area contributed by atoms with E-state index in [2.05, 4.69) is 25.6 Å². The summed E-state index contributed by atoms with van der Waals surface area (Å²) >= 11 is 0. The molecule has 4 aromatic rings. The molecule has 2 aromatic heterocycles. The molecule has 0 bridgehead atoms. The van der Waals surface area contributed by atoms with Gasteiger partial charge in [0.25, 0.3) is 0 Å². The van der Waals surface area contributed by atoms with Crippen LogP contribution in [0, 0.1) is 0 Å². The topological polar surface area (TPSA) is 117 Å². The highest BCUT2D eigenvalue weighted by molar-refractivity contribution is 7.90. The first-order chi connectivity index (χ1) is 14.4. The minimum absolute atomic E-state index is 0.187. The fourth-order valence-electron chi connectivity index (χ4n) is 2.99. The van der Waals surface area contributed by atoms with Gasteiger partial charge in [-0.25, -0.2) is 18.4 Å². The summed E-state index contributed by atoms with van der Waals surface area (Å²) < 4.78 is 23.0. The number of amides is 1. The zero-order chi connectivity index (χ0) is 21.1. The molecular formula is C21H19N5O3S.